The molecule has 3 aromatic carbocycles. The predicted octanol–water partition coefficient (Wildman–Crippen LogP) is 7.25. The molecule has 0 unspecified atom stereocenters. The SMILES string of the molecule is COc1cc(/C=C2\SC(=O)N(Cc3c(F)cccc3Cl)C2=O)cc(Cl)c1OC(=O)c1ccccc1Cl. The van der Waals surface area contributed by atoms with Gasteiger partial charge in [-0.1, -0.05) is 53.0 Å². The van der Waals surface area contributed by atoms with Crippen LogP contribution in [0.1, 0.15) is 21.5 Å². The summed E-state index contributed by atoms with van der Waals surface area (Å²) < 4.78 is 24.9. The first kappa shape index (κ1) is 26.0. The van der Waals surface area contributed by atoms with E-state index < -0.39 is 22.9 Å². The zero-order chi connectivity index (χ0) is 26.0. The number of nitrogens with zero attached hydrogens (tertiary/aromatic N) is 1. The molecular formula is C25H15Cl3FNO5S. The number of carbonyl (C=O) groups is 3. The first-order valence-corrected chi connectivity index (χ1v) is 12.2. The fourth-order valence-corrected chi connectivity index (χ4v) is 4.86. The number of rotatable bonds is 6. The van der Waals surface area contributed by atoms with Crippen molar-refractivity contribution in [1.82, 2.24) is 4.90 Å². The molecule has 0 bridgehead atoms. The molecule has 0 radical (unpaired) electrons. The number of esters is 1. The lowest BCUT2D eigenvalue weighted by Crippen LogP contribution is -2.28. The van der Waals surface area contributed by atoms with Gasteiger partial charge in [0.05, 0.1) is 34.2 Å². The van der Waals surface area contributed by atoms with Crippen LogP contribution < -0.4 is 9.47 Å². The molecule has 1 fully saturated rings. The third kappa shape index (κ3) is 5.37. The van der Waals surface area contributed by atoms with Gasteiger partial charge in [-0.3, -0.25) is 14.5 Å². The van der Waals surface area contributed by atoms with E-state index in [1.54, 1.807) is 18.2 Å². The highest BCUT2D eigenvalue weighted by Crippen LogP contribution is 2.40. The maximum Gasteiger partial charge on any atom is 0.345 e. The van der Waals surface area contributed by atoms with E-state index in [0.29, 0.717) is 17.3 Å². The molecule has 0 spiro atoms. The van der Waals surface area contributed by atoms with E-state index in [9.17, 15) is 18.8 Å². The summed E-state index contributed by atoms with van der Waals surface area (Å²) in [5.41, 5.74) is 0.589. The van der Waals surface area contributed by atoms with E-state index in [2.05, 4.69) is 0 Å². The van der Waals surface area contributed by atoms with Crippen LogP contribution in [0.2, 0.25) is 15.1 Å². The number of methoxy groups -OCH3 is 1. The minimum absolute atomic E-state index is 0.0263. The van der Waals surface area contributed by atoms with Crippen molar-refractivity contribution in [3.8, 4) is 11.5 Å². The monoisotopic (exact) mass is 565 g/mol. The summed E-state index contributed by atoms with van der Waals surface area (Å²) in [5, 5.41) is -0.231. The lowest BCUT2D eigenvalue weighted by Gasteiger charge is -2.14. The van der Waals surface area contributed by atoms with Gasteiger partial charge < -0.3 is 9.47 Å². The van der Waals surface area contributed by atoms with E-state index in [-0.39, 0.29) is 49.1 Å². The Labute approximate surface area is 224 Å². The minimum Gasteiger partial charge on any atom is -0.493 e. The summed E-state index contributed by atoms with van der Waals surface area (Å²) in [4.78, 5) is 38.9. The molecule has 1 saturated heterocycles. The van der Waals surface area contributed by atoms with Crippen molar-refractivity contribution in [2.24, 2.45) is 0 Å². The van der Waals surface area contributed by atoms with Gasteiger partial charge in [-0.2, -0.15) is 0 Å². The Balaban J connectivity index is 1.59. The molecule has 2 amide bonds. The number of amides is 2. The summed E-state index contributed by atoms with van der Waals surface area (Å²) in [7, 11) is 1.36. The van der Waals surface area contributed by atoms with Gasteiger partial charge >= 0.3 is 5.97 Å². The molecule has 0 aromatic heterocycles. The Morgan fingerprint density at radius 3 is 2.44 bits per heavy atom. The quantitative estimate of drug-likeness (QED) is 0.178. The third-order valence-electron chi connectivity index (χ3n) is 5.09. The summed E-state index contributed by atoms with van der Waals surface area (Å²) in [6, 6.07) is 13.4. The van der Waals surface area contributed by atoms with Crippen LogP contribution in [0.3, 0.4) is 0 Å². The smallest absolute Gasteiger partial charge is 0.345 e. The second-order valence-electron chi connectivity index (χ2n) is 7.37. The van der Waals surface area contributed by atoms with E-state index in [0.717, 1.165) is 4.90 Å². The molecule has 4 rings (SSSR count). The van der Waals surface area contributed by atoms with Crippen LogP contribution in [-0.4, -0.2) is 29.1 Å². The topological polar surface area (TPSA) is 72.9 Å². The number of thioether (sulfide) groups is 1. The molecule has 184 valence electrons. The molecule has 0 aliphatic carbocycles. The second-order valence-corrected chi connectivity index (χ2v) is 9.59. The van der Waals surface area contributed by atoms with Crippen molar-refractivity contribution >= 4 is 69.8 Å². The van der Waals surface area contributed by atoms with Crippen molar-refractivity contribution in [1.29, 1.82) is 0 Å². The Hall–Kier alpha value is -3.04. The number of benzene rings is 3. The van der Waals surface area contributed by atoms with E-state index in [1.165, 1.54) is 49.6 Å². The third-order valence-corrected chi connectivity index (χ3v) is 6.96. The fourth-order valence-electron chi connectivity index (χ4n) is 3.33. The minimum atomic E-state index is -0.735. The van der Waals surface area contributed by atoms with Crippen molar-refractivity contribution < 1.29 is 28.2 Å². The van der Waals surface area contributed by atoms with Crippen LogP contribution in [0.5, 0.6) is 11.5 Å². The molecule has 1 aliphatic rings. The lowest BCUT2D eigenvalue weighted by atomic mass is 10.1. The molecule has 1 aliphatic heterocycles. The van der Waals surface area contributed by atoms with Crippen molar-refractivity contribution in [3.63, 3.8) is 0 Å². The van der Waals surface area contributed by atoms with Crippen LogP contribution in [0, 0.1) is 5.82 Å². The Kier molecular flexibility index (Phi) is 7.90. The normalized spacial score (nSPS) is 14.5. The number of hydrogen-bond acceptors (Lipinski definition) is 6. The highest BCUT2D eigenvalue weighted by atomic mass is 35.5. The summed E-state index contributed by atoms with van der Waals surface area (Å²) in [6.07, 6.45) is 1.43. The average Bonchev–Trinajstić information content (AvgIpc) is 3.10. The molecule has 0 atom stereocenters. The first-order valence-electron chi connectivity index (χ1n) is 10.2. The van der Waals surface area contributed by atoms with E-state index >= 15 is 0 Å². The highest BCUT2D eigenvalue weighted by Gasteiger charge is 2.36. The molecular weight excluding hydrogens is 552 g/mol. The number of hydrogen-bond donors (Lipinski definition) is 0. The van der Waals surface area contributed by atoms with Crippen LogP contribution in [0.4, 0.5) is 9.18 Å². The molecule has 3 aromatic rings. The Bertz CT molecular complexity index is 1410. The maximum absolute atomic E-state index is 14.2. The number of halogens is 4. The molecule has 0 N–H and O–H groups in total. The van der Waals surface area contributed by atoms with Gasteiger partial charge in [0.15, 0.2) is 11.5 Å². The zero-order valence-corrected chi connectivity index (χ0v) is 21.5. The van der Waals surface area contributed by atoms with Gasteiger partial charge in [-0.25, -0.2) is 9.18 Å². The number of imide groups is 1. The average molecular weight is 567 g/mol. The van der Waals surface area contributed by atoms with Gasteiger partial charge in [0.2, 0.25) is 0 Å². The molecule has 11 heteroatoms. The summed E-state index contributed by atoms with van der Waals surface area (Å²) in [6.45, 7) is -0.311. The highest BCUT2D eigenvalue weighted by molar-refractivity contribution is 8.18. The van der Waals surface area contributed by atoms with Crippen molar-refractivity contribution in [2.45, 2.75) is 6.54 Å². The Morgan fingerprint density at radius 1 is 1.03 bits per heavy atom. The number of ether oxygens (including phenoxy) is 2. The standard InChI is InChI=1S/C25H15Cl3FNO5S/c1-34-20-10-13(9-18(28)22(20)35-24(32)14-5-2-3-6-16(14)26)11-21-23(31)30(25(33)36-21)12-15-17(27)7-4-8-19(15)29/h2-11H,12H2,1H3/b21-11-. The van der Waals surface area contributed by atoms with E-state index in [1.807, 2.05) is 0 Å². The summed E-state index contributed by atoms with van der Waals surface area (Å²) in [5.74, 6) is -1.89. The van der Waals surface area contributed by atoms with Crippen LogP contribution in [0.15, 0.2) is 59.5 Å². The van der Waals surface area contributed by atoms with Gasteiger partial charge in [0.25, 0.3) is 11.1 Å². The molecule has 6 nitrogen and oxygen atoms in total. The summed E-state index contributed by atoms with van der Waals surface area (Å²) >= 11 is 19.1. The molecule has 1 heterocycles. The molecule has 0 saturated carbocycles. The predicted molar refractivity (Wildman–Crippen MR) is 137 cm³/mol. The zero-order valence-electron chi connectivity index (χ0n) is 18.4. The number of carbonyl (C=O) groups excluding carboxylic acids is 3. The van der Waals surface area contributed by atoms with Crippen molar-refractivity contribution in [3.05, 3.63) is 97.1 Å². The van der Waals surface area contributed by atoms with Crippen LogP contribution in [-0.2, 0) is 11.3 Å². The second kappa shape index (κ2) is 10.9. The fraction of sp³-hybridized carbons (Fsp3) is 0.0800. The largest absolute Gasteiger partial charge is 0.493 e. The van der Waals surface area contributed by atoms with Gasteiger partial charge in [0.1, 0.15) is 5.82 Å². The van der Waals surface area contributed by atoms with Gasteiger partial charge in [-0.05, 0) is 59.8 Å². The van der Waals surface area contributed by atoms with Gasteiger partial charge in [0, 0.05) is 10.6 Å². The molecule has 36 heavy (non-hydrogen) atoms. The van der Waals surface area contributed by atoms with Crippen molar-refractivity contribution in [2.75, 3.05) is 7.11 Å². The Morgan fingerprint density at radius 2 is 1.75 bits per heavy atom. The van der Waals surface area contributed by atoms with Crippen LogP contribution in [0.25, 0.3) is 6.08 Å². The maximum atomic E-state index is 14.2. The van der Waals surface area contributed by atoms with E-state index in [4.69, 9.17) is 44.3 Å². The van der Waals surface area contributed by atoms with Crippen LogP contribution >= 0.6 is 46.6 Å². The lowest BCUT2D eigenvalue weighted by molar-refractivity contribution is -0.123. The van der Waals surface area contributed by atoms with Gasteiger partial charge in [-0.15, -0.1) is 0 Å². The first-order chi connectivity index (χ1) is 17.2.